The Hall–Kier alpha value is -0.260. The number of hydrogen-bond acceptors (Lipinski definition) is 0. The van der Waals surface area contributed by atoms with Crippen LogP contribution in [0.1, 0.15) is 131 Å². The van der Waals surface area contributed by atoms with Gasteiger partial charge in [-0.15, -0.1) is 0 Å². The minimum absolute atomic E-state index is 0.917. The number of unbranched alkanes of at least 4 members (excludes halogenated alkanes) is 7. The van der Waals surface area contributed by atoms with Gasteiger partial charge in [-0.2, -0.15) is 0 Å². The van der Waals surface area contributed by atoms with E-state index in [0.29, 0.717) is 0 Å². The molecule has 0 bridgehead atoms. The Morgan fingerprint density at radius 1 is 0.538 bits per heavy atom. The molecule has 4 atom stereocenters. The minimum Gasteiger partial charge on any atom is -0.0883 e. The molecule has 0 saturated heterocycles. The van der Waals surface area contributed by atoms with Gasteiger partial charge in [0.15, 0.2) is 0 Å². The van der Waals surface area contributed by atoms with Gasteiger partial charge in [-0.05, 0) is 36.5 Å². The second kappa shape index (κ2) is 18.1. The fourth-order valence-corrected chi connectivity index (χ4v) is 3.80. The highest BCUT2D eigenvalue weighted by molar-refractivity contribution is 4.91. The number of rotatable bonds is 7. The fourth-order valence-electron chi connectivity index (χ4n) is 3.80. The highest BCUT2D eigenvalue weighted by atomic mass is 14.2. The lowest BCUT2D eigenvalue weighted by Gasteiger charge is -2.24. The summed E-state index contributed by atoms with van der Waals surface area (Å²) in [4.78, 5) is 0. The van der Waals surface area contributed by atoms with E-state index in [1.165, 1.54) is 89.9 Å². The first-order valence-electron chi connectivity index (χ1n) is 12.2. The minimum atomic E-state index is 0.917. The standard InChI is InChI=1S/C10H22.C8H16.C8H14/c1-3-5-7-9-10-8-6-4-2;2*1-7-5-3-4-6-8(7)2/h3-10H2,1-2H3;7-8H,3-6H2,1-2H3;3-4,7-8H,5-6H2,1-2H3. The molecule has 0 aromatic carbocycles. The molecule has 1 fully saturated rings. The van der Waals surface area contributed by atoms with Crippen molar-refractivity contribution >= 4 is 0 Å². The normalized spacial score (nSPS) is 27.8. The Morgan fingerprint density at radius 3 is 1.15 bits per heavy atom. The van der Waals surface area contributed by atoms with Gasteiger partial charge in [0.05, 0.1) is 0 Å². The molecule has 0 heteroatoms. The molecule has 0 aromatic rings. The van der Waals surface area contributed by atoms with Gasteiger partial charge >= 0.3 is 0 Å². The Balaban J connectivity index is 0.000000363. The Labute approximate surface area is 167 Å². The predicted octanol–water partition coefficient (Wildman–Crippen LogP) is 9.59. The van der Waals surface area contributed by atoms with E-state index >= 15 is 0 Å². The van der Waals surface area contributed by atoms with E-state index in [4.69, 9.17) is 0 Å². The fraction of sp³-hybridized carbons (Fsp3) is 0.923. The maximum absolute atomic E-state index is 2.38. The van der Waals surface area contributed by atoms with Crippen molar-refractivity contribution in [2.45, 2.75) is 131 Å². The third-order valence-corrected chi connectivity index (χ3v) is 6.65. The van der Waals surface area contributed by atoms with Crippen LogP contribution in [0.25, 0.3) is 0 Å². The van der Waals surface area contributed by atoms with Gasteiger partial charge in [-0.3, -0.25) is 0 Å². The summed E-state index contributed by atoms with van der Waals surface area (Å²) in [6.45, 7) is 14.0. The Morgan fingerprint density at radius 2 is 0.885 bits per heavy atom. The Kier molecular flexibility index (Phi) is 17.9. The largest absolute Gasteiger partial charge is 0.0883 e. The lowest BCUT2D eigenvalue weighted by molar-refractivity contribution is 0.277. The zero-order chi connectivity index (χ0) is 19.6. The summed E-state index contributed by atoms with van der Waals surface area (Å²) < 4.78 is 0. The van der Waals surface area contributed by atoms with Crippen LogP contribution in [0.3, 0.4) is 0 Å². The molecule has 0 amide bonds. The quantitative estimate of drug-likeness (QED) is 0.311. The summed E-state index contributed by atoms with van der Waals surface area (Å²) >= 11 is 0. The third-order valence-electron chi connectivity index (χ3n) is 6.65. The topological polar surface area (TPSA) is 0 Å². The summed E-state index contributed by atoms with van der Waals surface area (Å²) in [6, 6.07) is 0. The van der Waals surface area contributed by atoms with Gasteiger partial charge < -0.3 is 0 Å². The molecule has 0 aliphatic heterocycles. The molecule has 26 heavy (non-hydrogen) atoms. The second-order valence-corrected chi connectivity index (χ2v) is 9.26. The lowest BCUT2D eigenvalue weighted by Crippen LogP contribution is -2.12. The van der Waals surface area contributed by atoms with E-state index in [9.17, 15) is 0 Å². The first-order valence-corrected chi connectivity index (χ1v) is 12.2. The molecule has 2 aliphatic carbocycles. The zero-order valence-electron chi connectivity index (χ0n) is 19.4. The second-order valence-electron chi connectivity index (χ2n) is 9.26. The van der Waals surface area contributed by atoms with E-state index in [1.807, 2.05) is 0 Å². The maximum Gasteiger partial charge on any atom is -0.0322 e. The average Bonchev–Trinajstić information content (AvgIpc) is 2.64. The molecule has 0 spiro atoms. The molecular weight excluding hydrogens is 312 g/mol. The SMILES string of the molecule is CC1CC=CCC1C.CC1CCCCC1C.CCCCCCCCCC. The molecule has 156 valence electrons. The summed E-state index contributed by atoms with van der Waals surface area (Å²) in [5.74, 6) is 3.84. The van der Waals surface area contributed by atoms with E-state index in [-0.39, 0.29) is 0 Å². The van der Waals surface area contributed by atoms with Crippen LogP contribution >= 0.6 is 0 Å². The molecule has 0 radical (unpaired) electrons. The third kappa shape index (κ3) is 14.9. The van der Waals surface area contributed by atoms with Gasteiger partial charge in [-0.1, -0.05) is 131 Å². The average molecular weight is 365 g/mol. The number of allylic oxidation sites excluding steroid dienone is 2. The summed E-state index contributed by atoms with van der Waals surface area (Å²) in [5.41, 5.74) is 0. The van der Waals surface area contributed by atoms with Crippen LogP contribution in [-0.4, -0.2) is 0 Å². The van der Waals surface area contributed by atoms with Gasteiger partial charge in [0, 0.05) is 0 Å². The molecule has 0 heterocycles. The summed E-state index contributed by atoms with van der Waals surface area (Å²) in [7, 11) is 0. The lowest BCUT2D eigenvalue weighted by atomic mass is 9.82. The van der Waals surface area contributed by atoms with Crippen LogP contribution in [0.5, 0.6) is 0 Å². The van der Waals surface area contributed by atoms with Crippen molar-refractivity contribution in [1.82, 2.24) is 0 Å². The molecule has 2 rings (SSSR count). The zero-order valence-corrected chi connectivity index (χ0v) is 19.4. The van der Waals surface area contributed by atoms with Gasteiger partial charge in [0.25, 0.3) is 0 Å². The van der Waals surface area contributed by atoms with Crippen LogP contribution in [0, 0.1) is 23.7 Å². The van der Waals surface area contributed by atoms with Crippen LogP contribution < -0.4 is 0 Å². The molecule has 1 saturated carbocycles. The molecule has 0 aromatic heterocycles. The van der Waals surface area contributed by atoms with Crippen LogP contribution in [0.2, 0.25) is 0 Å². The van der Waals surface area contributed by atoms with Crippen LogP contribution in [0.4, 0.5) is 0 Å². The summed E-state index contributed by atoms with van der Waals surface area (Å²) in [6.07, 6.45) is 24.5. The maximum atomic E-state index is 2.38. The van der Waals surface area contributed by atoms with Gasteiger partial charge in [0.2, 0.25) is 0 Å². The summed E-state index contributed by atoms with van der Waals surface area (Å²) in [5, 5.41) is 0. The molecule has 0 nitrogen and oxygen atoms in total. The van der Waals surface area contributed by atoms with Crippen molar-refractivity contribution in [1.29, 1.82) is 0 Å². The van der Waals surface area contributed by atoms with Gasteiger partial charge in [0.1, 0.15) is 0 Å². The van der Waals surface area contributed by atoms with E-state index in [0.717, 1.165) is 23.7 Å². The van der Waals surface area contributed by atoms with E-state index in [2.05, 4.69) is 53.7 Å². The monoisotopic (exact) mass is 364 g/mol. The van der Waals surface area contributed by atoms with Crippen LogP contribution in [-0.2, 0) is 0 Å². The number of hydrogen-bond donors (Lipinski definition) is 0. The molecule has 0 N–H and O–H groups in total. The van der Waals surface area contributed by atoms with Crippen molar-refractivity contribution in [2.24, 2.45) is 23.7 Å². The van der Waals surface area contributed by atoms with E-state index in [1.54, 1.807) is 0 Å². The Bertz CT molecular complexity index is 273. The van der Waals surface area contributed by atoms with E-state index < -0.39 is 0 Å². The molecular formula is C26H52. The molecule has 4 unspecified atom stereocenters. The smallest absolute Gasteiger partial charge is 0.0322 e. The first kappa shape index (κ1) is 25.7. The highest BCUT2D eigenvalue weighted by Crippen LogP contribution is 2.28. The van der Waals surface area contributed by atoms with Crippen molar-refractivity contribution in [3.05, 3.63) is 12.2 Å². The molecule has 2 aliphatic rings. The first-order chi connectivity index (χ1) is 12.5. The highest BCUT2D eigenvalue weighted by Gasteiger charge is 2.15. The van der Waals surface area contributed by atoms with Crippen molar-refractivity contribution in [3.8, 4) is 0 Å². The van der Waals surface area contributed by atoms with Crippen molar-refractivity contribution in [3.63, 3.8) is 0 Å². The van der Waals surface area contributed by atoms with Gasteiger partial charge in [-0.25, -0.2) is 0 Å². The van der Waals surface area contributed by atoms with Crippen molar-refractivity contribution in [2.75, 3.05) is 0 Å². The van der Waals surface area contributed by atoms with Crippen LogP contribution in [0.15, 0.2) is 12.2 Å². The van der Waals surface area contributed by atoms with Crippen molar-refractivity contribution < 1.29 is 0 Å². The predicted molar refractivity (Wildman–Crippen MR) is 122 cm³/mol.